The van der Waals surface area contributed by atoms with Crippen LogP contribution in [0.2, 0.25) is 0 Å². The number of oxazole rings is 1. The molecule has 0 amide bonds. The van der Waals surface area contributed by atoms with Gasteiger partial charge < -0.3 is 14.1 Å². The fourth-order valence-corrected chi connectivity index (χ4v) is 2.06. The topological polar surface area (TPSA) is 46.6 Å². The van der Waals surface area contributed by atoms with E-state index in [0.717, 1.165) is 17.1 Å². The van der Waals surface area contributed by atoms with E-state index >= 15 is 0 Å². The Balaban J connectivity index is 2.19. The van der Waals surface area contributed by atoms with Crippen LogP contribution >= 0.6 is 0 Å². The molecule has 0 radical (unpaired) electrons. The zero-order valence-corrected chi connectivity index (χ0v) is 13.4. The van der Waals surface area contributed by atoms with E-state index in [1.807, 2.05) is 42.6 Å². The van der Waals surface area contributed by atoms with E-state index in [9.17, 15) is 4.79 Å². The summed E-state index contributed by atoms with van der Waals surface area (Å²) >= 11 is 0. The summed E-state index contributed by atoms with van der Waals surface area (Å²) in [4.78, 5) is 13.6. The quantitative estimate of drug-likeness (QED) is 0.629. The van der Waals surface area contributed by atoms with E-state index in [-0.39, 0.29) is 5.97 Å². The van der Waals surface area contributed by atoms with Gasteiger partial charge in [0.15, 0.2) is 6.26 Å². The summed E-state index contributed by atoms with van der Waals surface area (Å²) in [7, 11) is 3.83. The first-order chi connectivity index (χ1) is 10.5. The second-order valence-corrected chi connectivity index (χ2v) is 5.01. The van der Waals surface area contributed by atoms with Crippen molar-refractivity contribution in [2.75, 3.05) is 18.6 Å². The number of rotatable bonds is 5. The Morgan fingerprint density at radius 2 is 2.00 bits per heavy atom. The Morgan fingerprint density at radius 1 is 1.36 bits per heavy atom. The molecule has 22 heavy (non-hydrogen) atoms. The summed E-state index contributed by atoms with van der Waals surface area (Å²) in [5.74, 6) is 0.373. The van der Waals surface area contributed by atoms with Crippen molar-refractivity contribution < 1.29 is 18.5 Å². The molecule has 0 unspecified atom stereocenters. The van der Waals surface area contributed by atoms with E-state index in [2.05, 4.69) is 6.58 Å². The minimum Gasteiger partial charge on any atom is -0.462 e. The van der Waals surface area contributed by atoms with E-state index in [1.165, 1.54) is 0 Å². The predicted octanol–water partition coefficient (Wildman–Crippen LogP) is 2.70. The van der Waals surface area contributed by atoms with Crippen molar-refractivity contribution in [2.24, 2.45) is 7.05 Å². The normalized spacial score (nSPS) is 10.4. The van der Waals surface area contributed by atoms with Gasteiger partial charge in [0.05, 0.1) is 12.2 Å². The van der Waals surface area contributed by atoms with Gasteiger partial charge in [-0.25, -0.2) is 4.79 Å². The third-order valence-corrected chi connectivity index (χ3v) is 3.59. The zero-order valence-electron chi connectivity index (χ0n) is 13.4. The maximum Gasteiger partial charge on any atom is 0.396 e. The Kier molecular flexibility index (Phi) is 4.65. The van der Waals surface area contributed by atoms with Gasteiger partial charge in [0.25, 0.3) is 0 Å². The number of anilines is 1. The predicted molar refractivity (Wildman–Crippen MR) is 84.5 cm³/mol. The molecule has 1 heterocycles. The number of ether oxygens (including phenoxy) is 1. The highest BCUT2D eigenvalue weighted by Gasteiger charge is 2.22. The SMILES string of the molecule is C=C(c1occ(C)[n+]1C)N(C)c1ccc(C(=O)OCC)cc1. The Morgan fingerprint density at radius 3 is 2.50 bits per heavy atom. The van der Waals surface area contributed by atoms with Crippen molar-refractivity contribution in [2.45, 2.75) is 13.8 Å². The maximum atomic E-state index is 11.7. The number of carbonyl (C=O) groups is 1. The van der Waals surface area contributed by atoms with E-state index in [0.29, 0.717) is 18.1 Å². The monoisotopic (exact) mass is 301 g/mol. The van der Waals surface area contributed by atoms with Gasteiger partial charge in [-0.15, -0.1) is 0 Å². The second kappa shape index (κ2) is 6.47. The van der Waals surface area contributed by atoms with Crippen LogP contribution in [0.25, 0.3) is 5.70 Å². The summed E-state index contributed by atoms with van der Waals surface area (Å²) in [6.07, 6.45) is 1.69. The number of aryl methyl sites for hydroxylation is 1. The molecule has 2 rings (SSSR count). The minimum atomic E-state index is -0.316. The van der Waals surface area contributed by atoms with Crippen molar-refractivity contribution in [3.05, 3.63) is 54.3 Å². The van der Waals surface area contributed by atoms with Crippen LogP contribution in [0.1, 0.15) is 28.9 Å². The lowest BCUT2D eigenvalue weighted by Crippen LogP contribution is -2.35. The third-order valence-electron chi connectivity index (χ3n) is 3.59. The van der Waals surface area contributed by atoms with Crippen LogP contribution in [0, 0.1) is 6.92 Å². The van der Waals surface area contributed by atoms with Crippen molar-refractivity contribution in [3.8, 4) is 0 Å². The van der Waals surface area contributed by atoms with Gasteiger partial charge in [0, 0.05) is 19.7 Å². The lowest BCUT2D eigenvalue weighted by Gasteiger charge is -2.18. The Bertz CT molecular complexity index is 686. The second-order valence-electron chi connectivity index (χ2n) is 5.01. The van der Waals surface area contributed by atoms with Crippen LogP contribution in [-0.2, 0) is 11.8 Å². The first-order valence-electron chi connectivity index (χ1n) is 7.10. The van der Waals surface area contributed by atoms with Gasteiger partial charge in [-0.2, -0.15) is 4.57 Å². The maximum absolute atomic E-state index is 11.7. The van der Waals surface area contributed by atoms with Gasteiger partial charge in [0.1, 0.15) is 12.7 Å². The fourth-order valence-electron chi connectivity index (χ4n) is 2.06. The van der Waals surface area contributed by atoms with Gasteiger partial charge in [-0.05, 0) is 31.2 Å². The van der Waals surface area contributed by atoms with Crippen LogP contribution < -0.4 is 9.47 Å². The molecule has 0 aliphatic rings. The van der Waals surface area contributed by atoms with Crippen molar-refractivity contribution in [3.63, 3.8) is 0 Å². The highest BCUT2D eigenvalue weighted by Crippen LogP contribution is 2.22. The summed E-state index contributed by atoms with van der Waals surface area (Å²) in [5.41, 5.74) is 3.19. The van der Waals surface area contributed by atoms with Crippen LogP contribution in [0.5, 0.6) is 0 Å². The van der Waals surface area contributed by atoms with Gasteiger partial charge in [-0.3, -0.25) is 0 Å². The Labute approximate surface area is 130 Å². The Hall–Kier alpha value is -2.56. The largest absolute Gasteiger partial charge is 0.462 e. The minimum absolute atomic E-state index is 0.316. The average molecular weight is 301 g/mol. The van der Waals surface area contributed by atoms with E-state index in [4.69, 9.17) is 9.15 Å². The zero-order chi connectivity index (χ0) is 16.3. The van der Waals surface area contributed by atoms with Crippen LogP contribution in [0.3, 0.4) is 0 Å². The van der Waals surface area contributed by atoms with Crippen molar-refractivity contribution >= 4 is 17.4 Å². The molecule has 1 aromatic heterocycles. The molecule has 0 atom stereocenters. The summed E-state index contributed by atoms with van der Waals surface area (Å²) in [6, 6.07) is 7.19. The fraction of sp³-hybridized carbons (Fsp3) is 0.294. The number of aromatic nitrogens is 1. The molecule has 0 N–H and O–H groups in total. The molecule has 5 heteroatoms. The molecule has 0 saturated heterocycles. The highest BCUT2D eigenvalue weighted by atomic mass is 16.5. The number of hydrogen-bond donors (Lipinski definition) is 0. The van der Waals surface area contributed by atoms with Crippen LogP contribution in [0.15, 0.2) is 41.5 Å². The number of hydrogen-bond acceptors (Lipinski definition) is 4. The van der Waals surface area contributed by atoms with Gasteiger partial charge in [-0.1, -0.05) is 6.58 Å². The lowest BCUT2D eigenvalue weighted by atomic mass is 10.2. The highest BCUT2D eigenvalue weighted by molar-refractivity contribution is 5.90. The molecule has 5 nitrogen and oxygen atoms in total. The molecule has 0 aliphatic carbocycles. The lowest BCUT2D eigenvalue weighted by molar-refractivity contribution is -0.682. The van der Waals surface area contributed by atoms with Crippen molar-refractivity contribution in [1.29, 1.82) is 0 Å². The summed E-state index contributed by atoms with van der Waals surface area (Å²) in [5, 5.41) is 0. The smallest absolute Gasteiger partial charge is 0.396 e. The average Bonchev–Trinajstić information content (AvgIpc) is 2.86. The van der Waals surface area contributed by atoms with Gasteiger partial charge >= 0.3 is 11.9 Å². The third kappa shape index (κ3) is 3.03. The number of carbonyl (C=O) groups excluding carboxylic acids is 1. The molecule has 0 bridgehead atoms. The van der Waals surface area contributed by atoms with E-state index in [1.54, 1.807) is 25.3 Å². The molecule has 0 spiro atoms. The van der Waals surface area contributed by atoms with E-state index < -0.39 is 0 Å². The van der Waals surface area contributed by atoms with Crippen molar-refractivity contribution in [1.82, 2.24) is 0 Å². The number of nitrogens with zero attached hydrogens (tertiary/aromatic N) is 2. The first-order valence-corrected chi connectivity index (χ1v) is 7.10. The molecular weight excluding hydrogens is 280 g/mol. The molecule has 0 fully saturated rings. The van der Waals surface area contributed by atoms with Gasteiger partial charge in [0.2, 0.25) is 5.69 Å². The molecule has 0 saturated carbocycles. The van der Waals surface area contributed by atoms with Crippen LogP contribution in [-0.4, -0.2) is 19.6 Å². The molecule has 2 aromatic rings. The molecule has 116 valence electrons. The summed E-state index contributed by atoms with van der Waals surface area (Å²) in [6.45, 7) is 8.20. The summed E-state index contributed by atoms with van der Waals surface area (Å²) < 4.78 is 12.5. The molecular formula is C17H21N2O3+. The standard InChI is InChI=1S/C17H21N2O3/c1-6-21-17(20)14-7-9-15(10-8-14)19(5)13(3)16-18(4)12(2)11-22-16/h7-11H,3,6H2,1-2,4-5H3/q+1. The van der Waals surface area contributed by atoms with Crippen LogP contribution in [0.4, 0.5) is 5.69 Å². The molecule has 0 aliphatic heterocycles. The number of esters is 1. The number of benzene rings is 1. The molecule has 1 aromatic carbocycles. The first kappa shape index (κ1) is 15.8.